The van der Waals surface area contributed by atoms with Crippen molar-refractivity contribution in [1.29, 1.82) is 0 Å². The van der Waals surface area contributed by atoms with Crippen LogP contribution in [0.4, 0.5) is 0 Å². The smallest absolute Gasteiger partial charge is 0.192 e. The van der Waals surface area contributed by atoms with Gasteiger partial charge in [0.25, 0.3) is 0 Å². The Morgan fingerprint density at radius 2 is 1.88 bits per heavy atom. The molecule has 0 bridgehead atoms. The van der Waals surface area contributed by atoms with Crippen LogP contribution in [0.3, 0.4) is 0 Å². The van der Waals surface area contributed by atoms with Crippen LogP contribution in [0.15, 0.2) is 60.3 Å². The lowest BCUT2D eigenvalue weighted by Crippen LogP contribution is -2.00. The molecule has 0 aliphatic heterocycles. The van der Waals surface area contributed by atoms with Gasteiger partial charge in [-0.1, -0.05) is 76.9 Å². The first kappa shape index (κ1) is 18.1. The Bertz CT molecular complexity index is 888. The highest BCUT2D eigenvalue weighted by molar-refractivity contribution is 7.98. The highest BCUT2D eigenvalue weighted by Gasteiger charge is 2.14. The van der Waals surface area contributed by atoms with Crippen molar-refractivity contribution in [2.24, 2.45) is 0 Å². The van der Waals surface area contributed by atoms with Crippen molar-refractivity contribution in [2.45, 2.75) is 24.4 Å². The van der Waals surface area contributed by atoms with E-state index >= 15 is 0 Å². The third-order valence-corrected chi connectivity index (χ3v) is 5.31. The Labute approximate surface area is 161 Å². The number of rotatable bonds is 6. The van der Waals surface area contributed by atoms with Crippen LogP contribution < -0.4 is 0 Å². The van der Waals surface area contributed by atoms with E-state index in [1.54, 1.807) is 17.8 Å². The molecular formula is C19H17Cl2N3S. The summed E-state index contributed by atoms with van der Waals surface area (Å²) in [4.78, 5) is 0. The molecule has 0 atom stereocenters. The molecule has 1 heterocycles. The monoisotopic (exact) mass is 389 g/mol. The van der Waals surface area contributed by atoms with Crippen molar-refractivity contribution in [3.05, 3.63) is 76.3 Å². The molecule has 0 saturated carbocycles. The van der Waals surface area contributed by atoms with Gasteiger partial charge in [-0.25, -0.2) is 0 Å². The number of aryl methyl sites for hydroxylation is 1. The first-order valence-electron chi connectivity index (χ1n) is 7.76. The molecule has 0 spiro atoms. The molecule has 2 aromatic carbocycles. The highest BCUT2D eigenvalue weighted by atomic mass is 35.5. The van der Waals surface area contributed by atoms with E-state index in [4.69, 9.17) is 23.2 Å². The number of thioether (sulfide) groups is 1. The van der Waals surface area contributed by atoms with Crippen molar-refractivity contribution >= 4 is 35.0 Å². The normalized spacial score (nSPS) is 10.8. The molecule has 0 unspecified atom stereocenters. The molecule has 3 rings (SSSR count). The van der Waals surface area contributed by atoms with E-state index in [1.807, 2.05) is 18.2 Å². The summed E-state index contributed by atoms with van der Waals surface area (Å²) in [5.74, 6) is 1.53. The van der Waals surface area contributed by atoms with Crippen LogP contribution >= 0.6 is 35.0 Å². The van der Waals surface area contributed by atoms with Crippen molar-refractivity contribution in [3.63, 3.8) is 0 Å². The maximum atomic E-state index is 6.26. The van der Waals surface area contributed by atoms with Gasteiger partial charge in [-0.2, -0.15) is 0 Å². The minimum absolute atomic E-state index is 0.634. The molecule has 1 aromatic heterocycles. The summed E-state index contributed by atoms with van der Waals surface area (Å²) in [5, 5.41) is 10.9. The Morgan fingerprint density at radius 3 is 2.56 bits per heavy atom. The fourth-order valence-corrected chi connectivity index (χ4v) is 3.89. The van der Waals surface area contributed by atoms with Crippen LogP contribution in [-0.4, -0.2) is 14.8 Å². The molecule has 6 heteroatoms. The number of aromatic nitrogens is 3. The molecule has 0 N–H and O–H groups in total. The van der Waals surface area contributed by atoms with Crippen LogP contribution in [0.5, 0.6) is 0 Å². The summed E-state index contributed by atoms with van der Waals surface area (Å²) < 4.78 is 2.06. The zero-order valence-corrected chi connectivity index (χ0v) is 16.1. The zero-order chi connectivity index (χ0) is 17.8. The first-order chi connectivity index (χ1) is 12.1. The molecule has 0 amide bonds. The molecule has 0 fully saturated rings. The summed E-state index contributed by atoms with van der Waals surface area (Å²) in [6, 6.07) is 13.8. The lowest BCUT2D eigenvalue weighted by atomic mass is 10.1. The number of allylic oxidation sites excluding steroid dienone is 1. The molecule has 128 valence electrons. The lowest BCUT2D eigenvalue weighted by Gasteiger charge is -2.09. The van der Waals surface area contributed by atoms with Gasteiger partial charge in [-0.15, -0.1) is 16.8 Å². The zero-order valence-electron chi connectivity index (χ0n) is 13.7. The largest absolute Gasteiger partial charge is 0.298 e. The molecule has 25 heavy (non-hydrogen) atoms. The third-order valence-electron chi connectivity index (χ3n) is 3.71. The Morgan fingerprint density at radius 1 is 1.12 bits per heavy atom. The average molecular weight is 390 g/mol. The second kappa shape index (κ2) is 8.09. The summed E-state index contributed by atoms with van der Waals surface area (Å²) in [7, 11) is 0. The SMILES string of the molecule is C=CCn1c(SCc2ccc(Cl)cc2Cl)nnc1-c1ccc(C)cc1. The lowest BCUT2D eigenvalue weighted by molar-refractivity contribution is 0.731. The van der Waals surface area contributed by atoms with E-state index in [-0.39, 0.29) is 0 Å². The Hall–Kier alpha value is -1.75. The van der Waals surface area contributed by atoms with Crippen LogP contribution in [-0.2, 0) is 12.3 Å². The fourth-order valence-electron chi connectivity index (χ4n) is 2.39. The Balaban J connectivity index is 1.86. The molecule has 3 nitrogen and oxygen atoms in total. The first-order valence-corrected chi connectivity index (χ1v) is 9.50. The summed E-state index contributed by atoms with van der Waals surface area (Å²) in [6.45, 7) is 6.56. The maximum Gasteiger partial charge on any atom is 0.192 e. The predicted octanol–water partition coefficient (Wildman–Crippen LogP) is 6.04. The van der Waals surface area contributed by atoms with Crippen molar-refractivity contribution in [1.82, 2.24) is 14.8 Å². The van der Waals surface area contributed by atoms with E-state index in [0.29, 0.717) is 22.3 Å². The molecule has 0 aliphatic rings. The van der Waals surface area contributed by atoms with Crippen LogP contribution in [0.25, 0.3) is 11.4 Å². The van der Waals surface area contributed by atoms with E-state index in [1.165, 1.54) is 5.56 Å². The summed E-state index contributed by atoms with van der Waals surface area (Å²) in [5.41, 5.74) is 3.27. The number of hydrogen-bond acceptors (Lipinski definition) is 3. The van der Waals surface area contributed by atoms with Crippen LogP contribution in [0.1, 0.15) is 11.1 Å². The van der Waals surface area contributed by atoms with Gasteiger partial charge in [-0.05, 0) is 24.6 Å². The highest BCUT2D eigenvalue weighted by Crippen LogP contribution is 2.30. The third kappa shape index (κ3) is 4.27. The van der Waals surface area contributed by atoms with Gasteiger partial charge in [0.2, 0.25) is 0 Å². The minimum atomic E-state index is 0.634. The Kier molecular flexibility index (Phi) is 5.84. The summed E-state index contributed by atoms with van der Waals surface area (Å²) >= 11 is 13.8. The second-order valence-corrected chi connectivity index (χ2v) is 7.38. The summed E-state index contributed by atoms with van der Waals surface area (Å²) in [6.07, 6.45) is 1.85. The molecule has 0 aliphatic carbocycles. The number of benzene rings is 2. The standard InChI is InChI=1S/C19H17Cl2N3S/c1-3-10-24-18(14-6-4-13(2)5-7-14)22-23-19(24)25-12-15-8-9-16(20)11-17(15)21/h3-9,11H,1,10,12H2,2H3. The molecule has 0 saturated heterocycles. The van der Waals surface area contributed by atoms with E-state index in [0.717, 1.165) is 22.1 Å². The molecule has 3 aromatic rings. The van der Waals surface area contributed by atoms with Crippen molar-refractivity contribution in [2.75, 3.05) is 0 Å². The average Bonchev–Trinajstić information content (AvgIpc) is 2.98. The van der Waals surface area contributed by atoms with E-state index in [2.05, 4.69) is 52.5 Å². The molecular weight excluding hydrogens is 373 g/mol. The fraction of sp³-hybridized carbons (Fsp3) is 0.158. The van der Waals surface area contributed by atoms with Gasteiger partial charge in [0.05, 0.1) is 0 Å². The number of nitrogens with zero attached hydrogens (tertiary/aromatic N) is 3. The van der Waals surface area contributed by atoms with Gasteiger partial charge in [-0.3, -0.25) is 4.57 Å². The number of halogens is 2. The minimum Gasteiger partial charge on any atom is -0.298 e. The van der Waals surface area contributed by atoms with Gasteiger partial charge in [0.15, 0.2) is 11.0 Å². The van der Waals surface area contributed by atoms with E-state index in [9.17, 15) is 0 Å². The van der Waals surface area contributed by atoms with Gasteiger partial charge < -0.3 is 0 Å². The van der Waals surface area contributed by atoms with Crippen molar-refractivity contribution in [3.8, 4) is 11.4 Å². The van der Waals surface area contributed by atoms with Crippen LogP contribution in [0.2, 0.25) is 10.0 Å². The van der Waals surface area contributed by atoms with E-state index < -0.39 is 0 Å². The second-order valence-electron chi connectivity index (χ2n) is 5.60. The van der Waals surface area contributed by atoms with Gasteiger partial charge in [0.1, 0.15) is 0 Å². The topological polar surface area (TPSA) is 30.7 Å². The van der Waals surface area contributed by atoms with Crippen molar-refractivity contribution < 1.29 is 0 Å². The predicted molar refractivity (Wildman–Crippen MR) is 106 cm³/mol. The molecule has 0 radical (unpaired) electrons. The van der Waals surface area contributed by atoms with Gasteiger partial charge in [0, 0.05) is 27.9 Å². The maximum absolute atomic E-state index is 6.26. The van der Waals surface area contributed by atoms with Gasteiger partial charge >= 0.3 is 0 Å². The quantitative estimate of drug-likeness (QED) is 0.380. The number of hydrogen-bond donors (Lipinski definition) is 0. The van der Waals surface area contributed by atoms with Crippen LogP contribution in [0, 0.1) is 6.92 Å².